The van der Waals surface area contributed by atoms with Gasteiger partial charge in [-0.15, -0.1) is 13.2 Å². The number of allylic oxidation sites excluding steroid dienone is 1. The van der Waals surface area contributed by atoms with Crippen LogP contribution >= 0.6 is 0 Å². The molecule has 0 saturated carbocycles. The number of carbonyl (C=O) groups is 2. The molecular formula is C10H12O3. The van der Waals surface area contributed by atoms with Gasteiger partial charge in [-0.3, -0.25) is 9.59 Å². The highest BCUT2D eigenvalue weighted by molar-refractivity contribution is 5.97. The van der Waals surface area contributed by atoms with Crippen molar-refractivity contribution in [2.75, 3.05) is 0 Å². The first-order valence-corrected chi connectivity index (χ1v) is 4.21. The Balaban J connectivity index is 0.000000396. The fraction of sp³-hybridized carbons (Fsp3) is 0.400. The van der Waals surface area contributed by atoms with Gasteiger partial charge in [0.15, 0.2) is 0 Å². The van der Waals surface area contributed by atoms with Crippen molar-refractivity contribution in [2.24, 2.45) is 11.8 Å². The van der Waals surface area contributed by atoms with Crippen molar-refractivity contribution in [3.63, 3.8) is 0 Å². The molecule has 0 spiro atoms. The van der Waals surface area contributed by atoms with Gasteiger partial charge in [-0.1, -0.05) is 12.2 Å². The highest BCUT2D eigenvalue weighted by Gasteiger charge is 2.43. The zero-order valence-corrected chi connectivity index (χ0v) is 7.36. The van der Waals surface area contributed by atoms with Gasteiger partial charge in [0.25, 0.3) is 0 Å². The molecule has 1 aliphatic heterocycles. The van der Waals surface area contributed by atoms with Crippen LogP contribution in [0.1, 0.15) is 12.8 Å². The maximum absolute atomic E-state index is 10.9. The van der Waals surface area contributed by atoms with Crippen LogP contribution in [-0.2, 0) is 14.3 Å². The molecule has 13 heavy (non-hydrogen) atoms. The summed E-state index contributed by atoms with van der Waals surface area (Å²) in [5, 5.41) is 0. The van der Waals surface area contributed by atoms with Crippen molar-refractivity contribution < 1.29 is 14.3 Å². The molecule has 2 aliphatic rings. The SMILES string of the molecule is C=C.O=C1OC(=O)C2CCC=CC12. The molecule has 0 N–H and O–H groups in total. The minimum absolute atomic E-state index is 0.188. The Labute approximate surface area is 77.1 Å². The first-order valence-electron chi connectivity index (χ1n) is 4.21. The van der Waals surface area contributed by atoms with E-state index in [1.54, 1.807) is 6.08 Å². The molecule has 0 radical (unpaired) electrons. The van der Waals surface area contributed by atoms with E-state index in [9.17, 15) is 9.59 Å². The monoisotopic (exact) mass is 180 g/mol. The summed E-state index contributed by atoms with van der Waals surface area (Å²) < 4.78 is 4.48. The van der Waals surface area contributed by atoms with E-state index in [0.29, 0.717) is 0 Å². The van der Waals surface area contributed by atoms with Crippen molar-refractivity contribution >= 4 is 11.9 Å². The van der Waals surface area contributed by atoms with Crippen LogP contribution < -0.4 is 0 Å². The van der Waals surface area contributed by atoms with E-state index in [1.807, 2.05) is 6.08 Å². The van der Waals surface area contributed by atoms with Gasteiger partial charge in [0, 0.05) is 0 Å². The summed E-state index contributed by atoms with van der Waals surface area (Å²) in [6.07, 6.45) is 5.34. The Morgan fingerprint density at radius 3 is 2.62 bits per heavy atom. The van der Waals surface area contributed by atoms with Gasteiger partial charge in [-0.25, -0.2) is 0 Å². The maximum Gasteiger partial charge on any atom is 0.321 e. The van der Waals surface area contributed by atoms with Crippen LogP contribution in [0.25, 0.3) is 0 Å². The molecule has 0 bridgehead atoms. The highest BCUT2D eigenvalue weighted by atomic mass is 16.6. The van der Waals surface area contributed by atoms with Crippen molar-refractivity contribution in [3.8, 4) is 0 Å². The topological polar surface area (TPSA) is 43.4 Å². The maximum atomic E-state index is 10.9. The average Bonchev–Trinajstić information content (AvgIpc) is 2.47. The summed E-state index contributed by atoms with van der Waals surface area (Å²) in [4.78, 5) is 21.9. The van der Waals surface area contributed by atoms with Crippen molar-refractivity contribution in [1.82, 2.24) is 0 Å². The average molecular weight is 180 g/mol. The first kappa shape index (κ1) is 9.71. The van der Waals surface area contributed by atoms with E-state index in [0.717, 1.165) is 12.8 Å². The largest absolute Gasteiger partial charge is 0.392 e. The Morgan fingerprint density at radius 1 is 1.31 bits per heavy atom. The number of rotatable bonds is 0. The van der Waals surface area contributed by atoms with Crippen LogP contribution in [0, 0.1) is 11.8 Å². The van der Waals surface area contributed by atoms with Gasteiger partial charge < -0.3 is 4.74 Å². The molecule has 1 aliphatic carbocycles. The summed E-state index contributed by atoms with van der Waals surface area (Å²) in [6, 6.07) is 0. The normalized spacial score (nSPS) is 30.2. The number of hydrogen-bond acceptors (Lipinski definition) is 3. The fourth-order valence-corrected chi connectivity index (χ4v) is 1.58. The Bertz CT molecular complexity index is 255. The lowest BCUT2D eigenvalue weighted by Gasteiger charge is -2.12. The second kappa shape index (κ2) is 4.03. The van der Waals surface area contributed by atoms with Gasteiger partial charge in [0.05, 0.1) is 11.8 Å². The van der Waals surface area contributed by atoms with Gasteiger partial charge >= 0.3 is 11.9 Å². The van der Waals surface area contributed by atoms with E-state index in [-0.39, 0.29) is 23.8 Å². The quantitative estimate of drug-likeness (QED) is 0.322. The fourth-order valence-electron chi connectivity index (χ4n) is 1.58. The molecule has 0 amide bonds. The molecule has 2 unspecified atom stereocenters. The van der Waals surface area contributed by atoms with E-state index >= 15 is 0 Å². The molecule has 0 aromatic carbocycles. The molecule has 3 nitrogen and oxygen atoms in total. The summed E-state index contributed by atoms with van der Waals surface area (Å²) in [5.41, 5.74) is 0. The molecule has 1 fully saturated rings. The number of hydrogen-bond donors (Lipinski definition) is 0. The van der Waals surface area contributed by atoms with E-state index in [4.69, 9.17) is 0 Å². The van der Waals surface area contributed by atoms with Gasteiger partial charge in [-0.2, -0.15) is 0 Å². The summed E-state index contributed by atoms with van der Waals surface area (Å²) in [6.45, 7) is 6.00. The predicted molar refractivity (Wildman–Crippen MR) is 47.7 cm³/mol. The second-order valence-corrected chi connectivity index (χ2v) is 2.88. The highest BCUT2D eigenvalue weighted by Crippen LogP contribution is 2.32. The second-order valence-electron chi connectivity index (χ2n) is 2.88. The third kappa shape index (κ3) is 1.69. The molecule has 70 valence electrons. The van der Waals surface area contributed by atoms with Crippen LogP contribution in [0.2, 0.25) is 0 Å². The first-order chi connectivity index (χ1) is 6.29. The minimum Gasteiger partial charge on any atom is -0.392 e. The van der Waals surface area contributed by atoms with Crippen molar-refractivity contribution in [1.29, 1.82) is 0 Å². The molecule has 2 atom stereocenters. The third-order valence-corrected chi connectivity index (χ3v) is 2.20. The molecular weight excluding hydrogens is 168 g/mol. The Kier molecular flexibility index (Phi) is 3.01. The summed E-state index contributed by atoms with van der Waals surface area (Å²) in [5.74, 6) is -1.19. The summed E-state index contributed by atoms with van der Waals surface area (Å²) >= 11 is 0. The number of ether oxygens (including phenoxy) is 1. The molecule has 0 aromatic heterocycles. The smallest absolute Gasteiger partial charge is 0.321 e. The molecule has 0 aromatic rings. The van der Waals surface area contributed by atoms with Gasteiger partial charge in [0.1, 0.15) is 0 Å². The third-order valence-electron chi connectivity index (χ3n) is 2.20. The predicted octanol–water partition coefficient (Wildman–Crippen LogP) is 1.45. The van der Waals surface area contributed by atoms with Crippen LogP contribution in [0.4, 0.5) is 0 Å². The Morgan fingerprint density at radius 2 is 2.00 bits per heavy atom. The zero-order valence-electron chi connectivity index (χ0n) is 7.36. The van der Waals surface area contributed by atoms with E-state index < -0.39 is 0 Å². The van der Waals surface area contributed by atoms with Gasteiger partial charge in [0.2, 0.25) is 0 Å². The van der Waals surface area contributed by atoms with Crippen LogP contribution in [0.5, 0.6) is 0 Å². The number of carbonyl (C=O) groups excluding carboxylic acids is 2. The van der Waals surface area contributed by atoms with Crippen LogP contribution in [-0.4, -0.2) is 11.9 Å². The van der Waals surface area contributed by atoms with Crippen LogP contribution in [0.15, 0.2) is 25.3 Å². The molecule has 1 saturated heterocycles. The molecule has 3 heteroatoms. The number of esters is 2. The zero-order chi connectivity index (χ0) is 9.84. The van der Waals surface area contributed by atoms with Crippen molar-refractivity contribution in [3.05, 3.63) is 25.3 Å². The van der Waals surface area contributed by atoms with Crippen molar-refractivity contribution in [2.45, 2.75) is 12.8 Å². The lowest BCUT2D eigenvalue weighted by Crippen LogP contribution is -2.17. The minimum atomic E-state index is -0.379. The summed E-state index contributed by atoms with van der Waals surface area (Å²) in [7, 11) is 0. The molecule has 2 rings (SSSR count). The van der Waals surface area contributed by atoms with Gasteiger partial charge in [-0.05, 0) is 12.8 Å². The number of cyclic esters (lactones) is 2. The standard InChI is InChI=1S/C8H8O3.C2H4/c9-7-5-3-1-2-4-6(5)8(10)11-7;1-2/h1,3,5-6H,2,4H2;1-2H2. The number of fused-ring (bicyclic) bond motifs is 1. The van der Waals surface area contributed by atoms with E-state index in [1.165, 1.54) is 0 Å². The molecule has 1 heterocycles. The Hall–Kier alpha value is -1.38. The lowest BCUT2D eigenvalue weighted by molar-refractivity contribution is -0.153. The lowest BCUT2D eigenvalue weighted by atomic mass is 9.86. The van der Waals surface area contributed by atoms with Crippen LogP contribution in [0.3, 0.4) is 0 Å². The van der Waals surface area contributed by atoms with E-state index in [2.05, 4.69) is 17.9 Å².